The molecule has 0 spiro atoms. The zero-order valence-electron chi connectivity index (χ0n) is 11.7. The van der Waals surface area contributed by atoms with Crippen molar-refractivity contribution in [2.45, 2.75) is 26.2 Å². The van der Waals surface area contributed by atoms with Gasteiger partial charge in [0, 0.05) is 6.54 Å². The van der Waals surface area contributed by atoms with Gasteiger partial charge in [-0.25, -0.2) is 0 Å². The van der Waals surface area contributed by atoms with Crippen LogP contribution in [0.2, 0.25) is 0 Å². The van der Waals surface area contributed by atoms with E-state index in [1.807, 2.05) is 0 Å². The number of nitrogens with one attached hydrogen (secondary N) is 1. The highest BCUT2D eigenvalue weighted by Crippen LogP contribution is 2.36. The molecule has 2 nitrogen and oxygen atoms in total. The number of benzene rings is 1. The van der Waals surface area contributed by atoms with Crippen molar-refractivity contribution in [2.75, 3.05) is 19.7 Å². The molecule has 1 heterocycles. The number of rotatable bonds is 4. The van der Waals surface area contributed by atoms with E-state index in [9.17, 15) is 0 Å². The van der Waals surface area contributed by atoms with Gasteiger partial charge in [0.2, 0.25) is 0 Å². The molecule has 0 fully saturated rings. The summed E-state index contributed by atoms with van der Waals surface area (Å²) in [6.45, 7) is 10.9. The predicted molar refractivity (Wildman–Crippen MR) is 84.0 cm³/mol. The highest BCUT2D eigenvalue weighted by Gasteiger charge is 2.22. The highest BCUT2D eigenvalue weighted by molar-refractivity contribution is 9.10. The largest absolute Gasteiger partial charge is 0.488 e. The number of hydrogen-bond acceptors (Lipinski definition) is 2. The molecule has 0 saturated carbocycles. The van der Waals surface area contributed by atoms with Crippen LogP contribution < -0.4 is 10.1 Å². The Morgan fingerprint density at radius 2 is 2.32 bits per heavy atom. The Hall–Kier alpha value is -0.800. The smallest absolute Gasteiger partial charge is 0.134 e. The third kappa shape index (κ3) is 3.40. The summed E-state index contributed by atoms with van der Waals surface area (Å²) in [4.78, 5) is 0. The van der Waals surface area contributed by atoms with Gasteiger partial charge in [0.25, 0.3) is 0 Å². The molecular formula is C16H22BrNO. The Labute approximate surface area is 124 Å². The van der Waals surface area contributed by atoms with Crippen LogP contribution in [-0.2, 0) is 6.42 Å². The van der Waals surface area contributed by atoms with Crippen LogP contribution in [0.25, 0.3) is 0 Å². The Kier molecular flexibility index (Phi) is 5.06. The summed E-state index contributed by atoms with van der Waals surface area (Å²) in [6, 6.07) is 4.43. The maximum absolute atomic E-state index is 5.70. The lowest BCUT2D eigenvalue weighted by Crippen LogP contribution is -2.23. The number of hydrogen-bond donors (Lipinski definition) is 1. The summed E-state index contributed by atoms with van der Waals surface area (Å²) in [5, 5.41) is 3.54. The molecule has 0 aliphatic carbocycles. The molecule has 104 valence electrons. The molecule has 0 unspecified atom stereocenters. The lowest BCUT2D eigenvalue weighted by molar-refractivity contribution is 0.360. The first kappa shape index (κ1) is 14.6. The molecule has 0 amide bonds. The van der Waals surface area contributed by atoms with Gasteiger partial charge in [-0.2, -0.15) is 0 Å². The molecule has 1 aromatic rings. The fourth-order valence-electron chi connectivity index (χ4n) is 2.62. The summed E-state index contributed by atoms with van der Waals surface area (Å²) in [5.74, 6) is 2.13. The monoisotopic (exact) mass is 323 g/mol. The highest BCUT2D eigenvalue weighted by atomic mass is 79.9. The van der Waals surface area contributed by atoms with Gasteiger partial charge in [-0.05, 0) is 64.0 Å². The molecule has 0 bridgehead atoms. The van der Waals surface area contributed by atoms with Crippen LogP contribution in [0.5, 0.6) is 5.75 Å². The fraction of sp³-hybridized carbons (Fsp3) is 0.500. The third-order valence-corrected chi connectivity index (χ3v) is 4.31. The SMILES string of the molecule is C=CCOc1cc2c(cc1Br)[C@@H](C(C)C)CNCC2. The first-order valence-corrected chi connectivity index (χ1v) is 7.69. The molecule has 3 heteroatoms. The van der Waals surface area contributed by atoms with E-state index in [1.54, 1.807) is 6.08 Å². The van der Waals surface area contributed by atoms with E-state index in [2.05, 4.69) is 53.8 Å². The van der Waals surface area contributed by atoms with E-state index < -0.39 is 0 Å². The van der Waals surface area contributed by atoms with Crippen molar-refractivity contribution >= 4 is 15.9 Å². The number of fused-ring (bicyclic) bond motifs is 1. The van der Waals surface area contributed by atoms with Gasteiger partial charge in [0.15, 0.2) is 0 Å². The molecule has 0 radical (unpaired) electrons. The van der Waals surface area contributed by atoms with E-state index in [-0.39, 0.29) is 0 Å². The minimum absolute atomic E-state index is 0.545. The lowest BCUT2D eigenvalue weighted by atomic mass is 9.85. The zero-order chi connectivity index (χ0) is 13.8. The molecule has 1 aliphatic heterocycles. The Balaban J connectivity index is 2.37. The molecule has 1 aromatic carbocycles. The standard InChI is InChI=1S/C16H22BrNO/c1-4-7-19-16-8-12-5-6-18-10-14(11(2)3)13(12)9-15(16)17/h4,8-9,11,14,18H,1,5-7,10H2,2-3H3/t14-/m1/s1. The van der Waals surface area contributed by atoms with Crippen LogP contribution >= 0.6 is 15.9 Å². The summed E-state index contributed by atoms with van der Waals surface area (Å²) in [5.41, 5.74) is 2.86. The van der Waals surface area contributed by atoms with Crippen molar-refractivity contribution in [3.63, 3.8) is 0 Å². The molecule has 0 aromatic heterocycles. The van der Waals surface area contributed by atoms with Crippen LogP contribution in [0.3, 0.4) is 0 Å². The predicted octanol–water partition coefficient (Wildman–Crippen LogP) is 3.90. The van der Waals surface area contributed by atoms with Crippen molar-refractivity contribution in [1.82, 2.24) is 5.32 Å². The van der Waals surface area contributed by atoms with Crippen molar-refractivity contribution in [3.8, 4) is 5.75 Å². The first-order valence-electron chi connectivity index (χ1n) is 6.90. The van der Waals surface area contributed by atoms with Crippen molar-refractivity contribution < 1.29 is 4.74 Å². The van der Waals surface area contributed by atoms with Gasteiger partial charge in [-0.3, -0.25) is 0 Å². The molecule has 1 N–H and O–H groups in total. The van der Waals surface area contributed by atoms with Gasteiger partial charge in [-0.15, -0.1) is 0 Å². The Bertz CT molecular complexity index is 456. The second kappa shape index (κ2) is 6.58. The lowest BCUT2D eigenvalue weighted by Gasteiger charge is -2.22. The maximum Gasteiger partial charge on any atom is 0.134 e. The fourth-order valence-corrected chi connectivity index (χ4v) is 3.09. The number of halogens is 1. The molecule has 1 aliphatic rings. The van der Waals surface area contributed by atoms with Gasteiger partial charge < -0.3 is 10.1 Å². The van der Waals surface area contributed by atoms with Gasteiger partial charge in [-0.1, -0.05) is 26.5 Å². The van der Waals surface area contributed by atoms with E-state index in [4.69, 9.17) is 4.74 Å². The minimum Gasteiger partial charge on any atom is -0.488 e. The Morgan fingerprint density at radius 3 is 3.00 bits per heavy atom. The maximum atomic E-state index is 5.70. The summed E-state index contributed by atoms with van der Waals surface area (Å²) in [6.07, 6.45) is 2.84. The average molecular weight is 324 g/mol. The average Bonchev–Trinajstić information content (AvgIpc) is 2.58. The van der Waals surface area contributed by atoms with Crippen LogP contribution in [0, 0.1) is 5.92 Å². The molecule has 2 rings (SSSR count). The molecule has 19 heavy (non-hydrogen) atoms. The van der Waals surface area contributed by atoms with Crippen LogP contribution in [0.1, 0.15) is 30.9 Å². The summed E-state index contributed by atoms with van der Waals surface area (Å²) < 4.78 is 6.75. The van der Waals surface area contributed by atoms with Crippen molar-refractivity contribution in [3.05, 3.63) is 40.4 Å². The van der Waals surface area contributed by atoms with E-state index in [0.29, 0.717) is 18.4 Å². The van der Waals surface area contributed by atoms with Crippen molar-refractivity contribution in [1.29, 1.82) is 0 Å². The number of ether oxygens (including phenoxy) is 1. The van der Waals surface area contributed by atoms with Gasteiger partial charge >= 0.3 is 0 Å². The van der Waals surface area contributed by atoms with E-state index in [0.717, 1.165) is 29.7 Å². The zero-order valence-corrected chi connectivity index (χ0v) is 13.3. The third-order valence-electron chi connectivity index (χ3n) is 3.69. The first-order chi connectivity index (χ1) is 9.13. The normalized spacial score (nSPS) is 18.8. The summed E-state index contributed by atoms with van der Waals surface area (Å²) in [7, 11) is 0. The summed E-state index contributed by atoms with van der Waals surface area (Å²) >= 11 is 3.63. The quantitative estimate of drug-likeness (QED) is 0.848. The van der Waals surface area contributed by atoms with E-state index in [1.165, 1.54) is 11.1 Å². The van der Waals surface area contributed by atoms with Crippen LogP contribution in [-0.4, -0.2) is 19.7 Å². The van der Waals surface area contributed by atoms with E-state index >= 15 is 0 Å². The molecular weight excluding hydrogens is 302 g/mol. The second-order valence-electron chi connectivity index (χ2n) is 5.39. The Morgan fingerprint density at radius 1 is 1.53 bits per heavy atom. The molecule has 1 atom stereocenters. The minimum atomic E-state index is 0.545. The second-order valence-corrected chi connectivity index (χ2v) is 6.24. The van der Waals surface area contributed by atoms with Crippen LogP contribution in [0.15, 0.2) is 29.3 Å². The van der Waals surface area contributed by atoms with Gasteiger partial charge in [0.05, 0.1) is 4.47 Å². The van der Waals surface area contributed by atoms with Crippen molar-refractivity contribution in [2.24, 2.45) is 5.92 Å². The molecule has 0 saturated heterocycles. The van der Waals surface area contributed by atoms with Crippen LogP contribution in [0.4, 0.5) is 0 Å². The topological polar surface area (TPSA) is 21.3 Å². The van der Waals surface area contributed by atoms with Gasteiger partial charge in [0.1, 0.15) is 12.4 Å².